The van der Waals surface area contributed by atoms with Crippen LogP contribution in [-0.2, 0) is 47.5 Å². The molecule has 0 bridgehead atoms. The molecule has 0 amide bonds. The van der Waals surface area contributed by atoms with Crippen LogP contribution in [0.4, 0.5) is 0 Å². The molecule has 17 nitrogen and oxygen atoms in total. The number of methoxy groups -OCH3 is 1. The summed E-state index contributed by atoms with van der Waals surface area (Å²) in [5.41, 5.74) is -3.10. The van der Waals surface area contributed by atoms with Crippen molar-refractivity contribution in [3.05, 3.63) is 0 Å². The Balaban J connectivity index is 1.94. The van der Waals surface area contributed by atoms with Gasteiger partial charge in [-0.25, -0.2) is 0 Å². The number of ketones is 1. The second-order valence-corrected chi connectivity index (χ2v) is 19.8. The molecule has 23 atom stereocenters. The van der Waals surface area contributed by atoms with Crippen LogP contribution in [0.15, 0.2) is 0 Å². The molecule has 17 heteroatoms. The summed E-state index contributed by atoms with van der Waals surface area (Å²) in [7, 11) is 8.97. The smallest absolute Gasteiger partial charge is 0.311 e. The fraction of sp³-hybridized carbons (Fsp3) is 0.956. The summed E-state index contributed by atoms with van der Waals surface area (Å²) in [6, 6.07) is -0.727. The minimum absolute atomic E-state index is 0.00992. The van der Waals surface area contributed by atoms with E-state index in [-0.39, 0.29) is 55.6 Å². The maximum Gasteiger partial charge on any atom is 0.311 e. The van der Waals surface area contributed by atoms with Crippen molar-refractivity contribution < 1.29 is 73.0 Å². The number of ether oxygens (including phenoxy) is 8. The zero-order chi connectivity index (χ0) is 46.9. The van der Waals surface area contributed by atoms with Crippen molar-refractivity contribution >= 4 is 11.8 Å². The van der Waals surface area contributed by atoms with Gasteiger partial charge in [0.05, 0.1) is 60.4 Å². The lowest BCUT2D eigenvalue weighted by Gasteiger charge is -2.49. The summed E-state index contributed by atoms with van der Waals surface area (Å²) >= 11 is 0. The molecule has 0 aromatic rings. The number of aliphatic hydroxyl groups is 5. The average molecular weight is 891 g/mol. The van der Waals surface area contributed by atoms with Crippen molar-refractivity contribution in [1.82, 2.24) is 9.80 Å². The van der Waals surface area contributed by atoms with Gasteiger partial charge in [-0.1, -0.05) is 34.6 Å². The van der Waals surface area contributed by atoms with E-state index in [0.717, 1.165) is 0 Å². The van der Waals surface area contributed by atoms with E-state index >= 15 is 0 Å². The highest BCUT2D eigenvalue weighted by Crippen LogP contribution is 2.40. The predicted molar refractivity (Wildman–Crippen MR) is 227 cm³/mol. The Kier molecular flexibility index (Phi) is 18.4. The maximum absolute atomic E-state index is 14.5. The van der Waals surface area contributed by atoms with E-state index in [0.29, 0.717) is 0 Å². The number of esters is 1. The second-order valence-electron chi connectivity index (χ2n) is 19.8. The largest absolute Gasteiger partial charge is 0.459 e. The van der Waals surface area contributed by atoms with Crippen molar-refractivity contribution in [3.63, 3.8) is 0 Å². The topological polar surface area (TPSA) is 216 Å². The third-order valence-electron chi connectivity index (χ3n) is 14.7. The number of hydrogen-bond acceptors (Lipinski definition) is 17. The first-order chi connectivity index (χ1) is 28.7. The van der Waals surface area contributed by atoms with Crippen molar-refractivity contribution in [2.45, 2.75) is 211 Å². The predicted octanol–water partition coefficient (Wildman–Crippen LogP) is 2.09. The average Bonchev–Trinajstić information content (AvgIpc) is 3.20. The maximum atomic E-state index is 14.5. The molecular formula is C45H82N2O15. The van der Waals surface area contributed by atoms with E-state index in [9.17, 15) is 35.1 Å². The standard InChI is InChI=1S/C45H82N2O15/c1-17-31-45(11,54)40(51)23(4)35(48)21(2)18-30(59-32-19-29(46(12)13)36(49)27(8)56-32)39(62-43-37(50)34(47(14)15)22(3)26(7)58-43)24(5)38(25(6)42(53)60-31)61-33-20-44(10,55-16)41(52)28(9)57-33/h21-34,36-41,43,49-52,54H,17-20H2,1-16H3/t21-,22?,23+,24+,25-,26+,27+,28?,29?,30-,31-,32+,33+,34?,36?,37?,38+,39-,40-,41+,43+,44?,45-/m1/s1. The molecule has 4 heterocycles. The number of nitrogens with zero attached hydrogens (tertiary/aromatic N) is 2. The third-order valence-corrected chi connectivity index (χ3v) is 14.7. The highest BCUT2D eigenvalue weighted by Gasteiger charge is 2.53. The number of carbonyl (C=O) groups excluding carboxylic acids is 2. The van der Waals surface area contributed by atoms with E-state index in [1.807, 2.05) is 58.8 Å². The van der Waals surface area contributed by atoms with Crippen molar-refractivity contribution in [1.29, 1.82) is 0 Å². The Morgan fingerprint density at radius 2 is 1.32 bits per heavy atom. The molecule has 0 aromatic carbocycles. The normalized spacial score (nSPS) is 49.4. The molecular weight excluding hydrogens is 808 g/mol. The van der Waals surface area contributed by atoms with Crippen LogP contribution < -0.4 is 0 Å². The first-order valence-electron chi connectivity index (χ1n) is 22.7. The number of hydrogen-bond donors (Lipinski definition) is 5. The number of aliphatic hydroxyl groups excluding tert-OH is 4. The molecule has 0 radical (unpaired) electrons. The number of carbonyl (C=O) groups is 2. The van der Waals surface area contributed by atoms with Gasteiger partial charge in [-0.05, 0) is 82.6 Å². The summed E-state index contributed by atoms with van der Waals surface area (Å²) in [4.78, 5) is 32.7. The summed E-state index contributed by atoms with van der Waals surface area (Å²) in [5, 5.41) is 57.7. The van der Waals surface area contributed by atoms with Gasteiger partial charge in [0.15, 0.2) is 18.9 Å². The van der Waals surface area contributed by atoms with Crippen LogP contribution in [0.3, 0.4) is 0 Å². The van der Waals surface area contributed by atoms with Gasteiger partial charge in [0.1, 0.15) is 29.7 Å². The molecule has 0 spiro atoms. The van der Waals surface area contributed by atoms with Gasteiger partial charge in [0.25, 0.3) is 0 Å². The quantitative estimate of drug-likeness (QED) is 0.199. The molecule has 4 saturated heterocycles. The van der Waals surface area contributed by atoms with Gasteiger partial charge in [0, 0.05) is 55.7 Å². The zero-order valence-electron chi connectivity index (χ0n) is 40.2. The Morgan fingerprint density at radius 1 is 0.710 bits per heavy atom. The molecule has 4 rings (SSSR count). The van der Waals surface area contributed by atoms with Crippen molar-refractivity contribution in [2.24, 2.45) is 29.6 Å². The molecule has 0 saturated carbocycles. The molecule has 5 N–H and O–H groups in total. The fourth-order valence-corrected chi connectivity index (χ4v) is 10.3. The molecule has 7 unspecified atom stereocenters. The highest BCUT2D eigenvalue weighted by molar-refractivity contribution is 5.83. The molecule has 0 aromatic heterocycles. The van der Waals surface area contributed by atoms with Crippen LogP contribution >= 0.6 is 0 Å². The van der Waals surface area contributed by atoms with Gasteiger partial charge in [0.2, 0.25) is 0 Å². The fourth-order valence-electron chi connectivity index (χ4n) is 10.3. The number of likely N-dealkylation sites (N-methyl/N-ethyl adjacent to an activating group) is 2. The SMILES string of the molecule is CC[C@H]1OC(=O)[C@H](C)[C@@H](O[C@H]2CC(C)(OC)[C@@H](O)C(C)O2)[C@H](C)[C@@H](O[C@@H]2O[C@@H](C)C(C)C(N(C)C)C2O)[C@H](O[C@H]2CC(N(C)C)C(O)[C@H](C)O2)C[C@@H](C)C(=O)[C@H](C)[C@@H](O)[C@]1(C)O. The minimum atomic E-state index is -2.02. The van der Waals surface area contributed by atoms with Crippen LogP contribution in [0, 0.1) is 29.6 Å². The third kappa shape index (κ3) is 11.4. The van der Waals surface area contributed by atoms with Crippen molar-refractivity contribution in [2.75, 3.05) is 35.3 Å². The second kappa shape index (κ2) is 21.5. The van der Waals surface area contributed by atoms with Crippen molar-refractivity contribution in [3.8, 4) is 0 Å². The molecule has 0 aliphatic carbocycles. The lowest BCUT2D eigenvalue weighted by Crippen LogP contribution is -2.61. The Hall–Kier alpha value is -1.42. The van der Waals surface area contributed by atoms with E-state index in [1.54, 1.807) is 48.5 Å². The lowest BCUT2D eigenvalue weighted by atomic mass is 9.77. The van der Waals surface area contributed by atoms with E-state index < -0.39 is 121 Å². The summed E-state index contributed by atoms with van der Waals surface area (Å²) in [5.74, 6) is -5.01. The molecule has 4 aliphatic rings. The summed E-state index contributed by atoms with van der Waals surface area (Å²) < 4.78 is 51.7. The van der Waals surface area contributed by atoms with Gasteiger partial charge in [-0.15, -0.1) is 0 Å². The summed E-state index contributed by atoms with van der Waals surface area (Å²) in [6.07, 6.45) is -13.4. The minimum Gasteiger partial charge on any atom is -0.459 e. The number of rotatable bonds is 10. The molecule has 62 heavy (non-hydrogen) atoms. The van der Waals surface area contributed by atoms with E-state index in [1.165, 1.54) is 14.0 Å². The molecule has 362 valence electrons. The van der Waals surface area contributed by atoms with Crippen LogP contribution in [0.2, 0.25) is 0 Å². The first kappa shape index (κ1) is 53.2. The molecule has 4 aliphatic heterocycles. The van der Waals surface area contributed by atoms with Gasteiger partial charge >= 0.3 is 5.97 Å². The van der Waals surface area contributed by atoms with Gasteiger partial charge < -0.3 is 73.2 Å². The number of cyclic esters (lactones) is 1. The van der Waals surface area contributed by atoms with Gasteiger partial charge in [-0.3, -0.25) is 9.59 Å². The van der Waals surface area contributed by atoms with Gasteiger partial charge in [-0.2, -0.15) is 0 Å². The Labute approximate surface area is 369 Å². The van der Waals surface area contributed by atoms with Crippen LogP contribution in [0.1, 0.15) is 102 Å². The lowest BCUT2D eigenvalue weighted by molar-refractivity contribution is -0.327. The van der Waals surface area contributed by atoms with Crippen LogP contribution in [0.25, 0.3) is 0 Å². The number of Topliss-reactive ketones (excluding diaryl/α,β-unsaturated/α-hetero) is 1. The highest BCUT2D eigenvalue weighted by atomic mass is 16.7. The van der Waals surface area contributed by atoms with E-state index in [4.69, 9.17) is 37.9 Å². The Morgan fingerprint density at radius 3 is 1.89 bits per heavy atom. The monoisotopic (exact) mass is 891 g/mol. The van der Waals surface area contributed by atoms with Crippen LogP contribution in [-0.4, -0.2) is 192 Å². The zero-order valence-corrected chi connectivity index (χ0v) is 40.2. The Bertz CT molecular complexity index is 1460. The first-order valence-corrected chi connectivity index (χ1v) is 22.7. The molecule has 4 fully saturated rings. The summed E-state index contributed by atoms with van der Waals surface area (Å²) in [6.45, 7) is 18.9. The van der Waals surface area contributed by atoms with Crippen LogP contribution in [0.5, 0.6) is 0 Å². The van der Waals surface area contributed by atoms with E-state index in [2.05, 4.69) is 0 Å².